The minimum absolute atomic E-state index is 0.0468. The standard InChI is InChI=1S/C24H28N4O2S/c1-14(19-9-10-20(31-19)23(30)28-12-6-11-24(28,2)3)25-22(29)16-13-15(16)21-26-17-7-4-5-8-18(17)27-21/h4-5,7-10,14-16H,6,11-13H2,1-3H3,(H,25,29)(H,26,27)/t14?,15-,16-/m1/s1. The molecule has 162 valence electrons. The van der Waals surface area contributed by atoms with Gasteiger partial charge in [-0.25, -0.2) is 4.98 Å². The minimum Gasteiger partial charge on any atom is -0.349 e. The quantitative estimate of drug-likeness (QED) is 0.613. The third kappa shape index (κ3) is 3.76. The maximum atomic E-state index is 13.0. The molecule has 1 unspecified atom stereocenters. The second-order valence-electron chi connectivity index (χ2n) is 9.39. The largest absolute Gasteiger partial charge is 0.349 e. The van der Waals surface area contributed by atoms with Gasteiger partial charge in [0, 0.05) is 28.8 Å². The number of hydrogen-bond donors (Lipinski definition) is 2. The number of imidazole rings is 1. The summed E-state index contributed by atoms with van der Waals surface area (Å²) in [4.78, 5) is 37.5. The van der Waals surface area contributed by atoms with Crippen molar-refractivity contribution in [1.82, 2.24) is 20.2 Å². The number of benzene rings is 1. The maximum Gasteiger partial charge on any atom is 0.264 e. The highest BCUT2D eigenvalue weighted by Crippen LogP contribution is 2.47. The zero-order valence-corrected chi connectivity index (χ0v) is 19.0. The number of amides is 2. The number of carbonyl (C=O) groups excluding carboxylic acids is 2. The lowest BCUT2D eigenvalue weighted by atomic mass is 10.0. The predicted molar refractivity (Wildman–Crippen MR) is 122 cm³/mol. The number of likely N-dealkylation sites (tertiary alicyclic amines) is 1. The van der Waals surface area contributed by atoms with Crippen molar-refractivity contribution in [3.8, 4) is 0 Å². The second-order valence-corrected chi connectivity index (χ2v) is 10.5. The molecule has 2 N–H and O–H groups in total. The zero-order chi connectivity index (χ0) is 21.8. The molecule has 2 aromatic heterocycles. The molecule has 6 nitrogen and oxygen atoms in total. The van der Waals surface area contributed by atoms with E-state index in [2.05, 4.69) is 29.1 Å². The molecule has 0 radical (unpaired) electrons. The van der Waals surface area contributed by atoms with Gasteiger partial charge in [-0.15, -0.1) is 11.3 Å². The highest BCUT2D eigenvalue weighted by atomic mass is 32.1. The Morgan fingerprint density at radius 2 is 2.06 bits per heavy atom. The van der Waals surface area contributed by atoms with Crippen molar-refractivity contribution in [1.29, 1.82) is 0 Å². The SMILES string of the molecule is CC(NC(=O)[C@@H]1C[C@H]1c1nc2ccccc2[nH]1)c1ccc(C(=O)N2CCCC2(C)C)s1. The lowest BCUT2D eigenvalue weighted by molar-refractivity contribution is -0.123. The number of aromatic nitrogens is 2. The van der Waals surface area contributed by atoms with E-state index >= 15 is 0 Å². The number of hydrogen-bond acceptors (Lipinski definition) is 4. The van der Waals surface area contributed by atoms with Crippen LogP contribution in [-0.4, -0.2) is 38.8 Å². The Morgan fingerprint density at radius 1 is 1.26 bits per heavy atom. The molecule has 2 aliphatic rings. The van der Waals surface area contributed by atoms with Crippen molar-refractivity contribution in [2.24, 2.45) is 5.92 Å². The van der Waals surface area contributed by atoms with E-state index in [4.69, 9.17) is 0 Å². The van der Waals surface area contributed by atoms with Crippen LogP contribution in [0.1, 0.15) is 72.4 Å². The van der Waals surface area contributed by atoms with Crippen LogP contribution in [0.4, 0.5) is 0 Å². The highest BCUT2D eigenvalue weighted by Gasteiger charge is 2.46. The summed E-state index contributed by atoms with van der Waals surface area (Å²) < 4.78 is 0. The van der Waals surface area contributed by atoms with Crippen LogP contribution in [0.15, 0.2) is 36.4 Å². The smallest absolute Gasteiger partial charge is 0.264 e. The van der Waals surface area contributed by atoms with E-state index in [1.807, 2.05) is 48.2 Å². The number of H-pyrrole nitrogens is 1. The number of nitrogens with one attached hydrogen (secondary N) is 2. The molecule has 1 saturated heterocycles. The van der Waals surface area contributed by atoms with E-state index in [1.165, 1.54) is 11.3 Å². The van der Waals surface area contributed by atoms with E-state index in [9.17, 15) is 9.59 Å². The van der Waals surface area contributed by atoms with E-state index in [0.717, 1.165) is 52.4 Å². The number of fused-ring (bicyclic) bond motifs is 1. The minimum atomic E-state index is -0.123. The fourth-order valence-corrected chi connectivity index (χ4v) is 5.60. The number of carbonyl (C=O) groups is 2. The summed E-state index contributed by atoms with van der Waals surface area (Å²) in [6.07, 6.45) is 2.91. The molecule has 3 aromatic rings. The topological polar surface area (TPSA) is 78.1 Å². The molecule has 1 aliphatic heterocycles. The molecule has 3 atom stereocenters. The van der Waals surface area contributed by atoms with Gasteiger partial charge in [-0.05, 0) is 64.3 Å². The first-order valence-corrected chi connectivity index (χ1v) is 11.8. The van der Waals surface area contributed by atoms with Gasteiger partial charge in [-0.3, -0.25) is 9.59 Å². The summed E-state index contributed by atoms with van der Waals surface area (Å²) in [7, 11) is 0. The molecule has 1 aliphatic carbocycles. The molecule has 7 heteroatoms. The maximum absolute atomic E-state index is 13.0. The number of nitrogens with zero attached hydrogens (tertiary/aromatic N) is 2. The summed E-state index contributed by atoms with van der Waals surface area (Å²) in [5.74, 6) is 1.16. The van der Waals surface area contributed by atoms with Crippen LogP contribution in [0.25, 0.3) is 11.0 Å². The van der Waals surface area contributed by atoms with Crippen molar-refractivity contribution in [2.45, 2.75) is 57.5 Å². The fraction of sp³-hybridized carbons (Fsp3) is 0.458. The molecule has 0 spiro atoms. The first kappa shape index (κ1) is 20.2. The van der Waals surface area contributed by atoms with Crippen molar-refractivity contribution in [2.75, 3.05) is 6.54 Å². The molecular formula is C24H28N4O2S. The third-order valence-electron chi connectivity index (χ3n) is 6.66. The monoisotopic (exact) mass is 436 g/mol. The summed E-state index contributed by atoms with van der Waals surface area (Å²) in [6.45, 7) is 7.05. The van der Waals surface area contributed by atoms with Crippen LogP contribution >= 0.6 is 11.3 Å². The van der Waals surface area contributed by atoms with Crippen molar-refractivity contribution in [3.63, 3.8) is 0 Å². The Kier molecular flexibility index (Phi) is 4.88. The van der Waals surface area contributed by atoms with E-state index < -0.39 is 0 Å². The van der Waals surface area contributed by atoms with Crippen LogP contribution in [-0.2, 0) is 4.79 Å². The van der Waals surface area contributed by atoms with Crippen LogP contribution in [0.2, 0.25) is 0 Å². The molecule has 2 amide bonds. The number of rotatable bonds is 5. The van der Waals surface area contributed by atoms with Crippen LogP contribution in [0.5, 0.6) is 0 Å². The summed E-state index contributed by atoms with van der Waals surface area (Å²) >= 11 is 1.49. The molecule has 3 heterocycles. The molecule has 31 heavy (non-hydrogen) atoms. The normalized spacial score (nSPS) is 23.1. The van der Waals surface area contributed by atoms with Crippen LogP contribution in [0.3, 0.4) is 0 Å². The number of aromatic amines is 1. The number of thiophene rings is 1. The first-order valence-electron chi connectivity index (χ1n) is 11.0. The molecular weight excluding hydrogens is 408 g/mol. The van der Waals surface area contributed by atoms with Gasteiger partial charge in [-0.2, -0.15) is 0 Å². The second kappa shape index (κ2) is 7.48. The van der Waals surface area contributed by atoms with Crippen molar-refractivity contribution >= 4 is 34.2 Å². The molecule has 0 bridgehead atoms. The predicted octanol–water partition coefficient (Wildman–Crippen LogP) is 4.62. The molecule has 2 fully saturated rings. The van der Waals surface area contributed by atoms with Crippen LogP contribution < -0.4 is 5.32 Å². The molecule has 1 saturated carbocycles. The van der Waals surface area contributed by atoms with E-state index in [0.29, 0.717) is 0 Å². The Balaban J connectivity index is 1.21. The van der Waals surface area contributed by atoms with Gasteiger partial charge in [0.05, 0.1) is 22.0 Å². The van der Waals surface area contributed by atoms with Crippen LogP contribution in [0, 0.1) is 5.92 Å². The summed E-state index contributed by atoms with van der Waals surface area (Å²) in [5.41, 5.74) is 1.86. The Bertz CT molecular complexity index is 1110. The van der Waals surface area contributed by atoms with Crippen molar-refractivity contribution in [3.05, 3.63) is 52.0 Å². The van der Waals surface area contributed by atoms with Gasteiger partial charge in [0.2, 0.25) is 5.91 Å². The van der Waals surface area contributed by atoms with Crippen molar-refractivity contribution < 1.29 is 9.59 Å². The lowest BCUT2D eigenvalue weighted by Crippen LogP contribution is -2.42. The number of para-hydroxylation sites is 2. The first-order chi connectivity index (χ1) is 14.8. The lowest BCUT2D eigenvalue weighted by Gasteiger charge is -2.31. The summed E-state index contributed by atoms with van der Waals surface area (Å²) in [5, 5.41) is 3.13. The van der Waals surface area contributed by atoms with E-state index in [-0.39, 0.29) is 35.2 Å². The highest BCUT2D eigenvalue weighted by molar-refractivity contribution is 7.14. The van der Waals surface area contributed by atoms with Gasteiger partial charge in [-0.1, -0.05) is 12.1 Å². The summed E-state index contributed by atoms with van der Waals surface area (Å²) in [6, 6.07) is 11.7. The fourth-order valence-electron chi connectivity index (χ4n) is 4.64. The van der Waals surface area contributed by atoms with Gasteiger partial charge in [0.25, 0.3) is 5.91 Å². The third-order valence-corrected chi connectivity index (χ3v) is 7.91. The average Bonchev–Trinajstić information content (AvgIpc) is 3.06. The Hall–Kier alpha value is -2.67. The zero-order valence-electron chi connectivity index (χ0n) is 18.1. The van der Waals surface area contributed by atoms with E-state index in [1.54, 1.807) is 0 Å². The Labute approximate surface area is 186 Å². The van der Waals surface area contributed by atoms with Gasteiger partial charge in [0.15, 0.2) is 0 Å². The Morgan fingerprint density at radius 3 is 2.81 bits per heavy atom. The van der Waals surface area contributed by atoms with Gasteiger partial charge >= 0.3 is 0 Å². The molecule has 1 aromatic carbocycles. The van der Waals surface area contributed by atoms with Gasteiger partial charge < -0.3 is 15.2 Å². The molecule has 5 rings (SSSR count). The van der Waals surface area contributed by atoms with Gasteiger partial charge in [0.1, 0.15) is 5.82 Å². The average molecular weight is 437 g/mol.